The first-order valence-electron chi connectivity index (χ1n) is 11.8. The molecule has 0 fully saturated rings. The van der Waals surface area contributed by atoms with Crippen molar-refractivity contribution in [3.05, 3.63) is 54.1 Å². The van der Waals surface area contributed by atoms with Crippen molar-refractivity contribution in [2.24, 2.45) is 0 Å². The highest BCUT2D eigenvalue weighted by Gasteiger charge is 2.20. The molecule has 2 rings (SSSR count). The number of unbranched alkanes of at least 4 members (excludes halogenated alkanes) is 7. The molecule has 0 radical (unpaired) electrons. The van der Waals surface area contributed by atoms with Gasteiger partial charge >= 0.3 is 5.97 Å². The van der Waals surface area contributed by atoms with Gasteiger partial charge in [-0.25, -0.2) is 0 Å². The van der Waals surface area contributed by atoms with Crippen LogP contribution in [-0.2, 0) is 4.79 Å². The molecule has 0 unspecified atom stereocenters. The number of carboxylic acids is 1. The number of thioether (sulfide) groups is 1. The van der Waals surface area contributed by atoms with E-state index < -0.39 is 12.1 Å². The number of aliphatic hydroxyl groups excluding tert-OH is 1. The standard InChI is InChI=1S/C25H36N4O3S/c1-2-3-4-5-6-7-8-9-10-11-12-16-22(33-18-17-23(30)31)24(32)20-14-13-15-21(19-20)25-26-28-29-27-25/h10-16,19,22,24,32H,2-9,17-18H2,1H3,(H,30,31)(H,26,27,28,29)/b11-10?,16-12+/t22-,24+/m1/s1. The van der Waals surface area contributed by atoms with Gasteiger partial charge in [-0.1, -0.05) is 88.0 Å². The molecule has 0 spiro atoms. The predicted octanol–water partition coefficient (Wildman–Crippen LogP) is 5.73. The first-order chi connectivity index (χ1) is 16.1. The Bertz CT molecular complexity index is 855. The lowest BCUT2D eigenvalue weighted by atomic mass is 10.0. The fourth-order valence-corrected chi connectivity index (χ4v) is 4.54. The molecular formula is C25H36N4O3S. The molecule has 3 N–H and O–H groups in total. The Hall–Kier alpha value is -2.45. The zero-order valence-electron chi connectivity index (χ0n) is 19.4. The first kappa shape index (κ1) is 26.8. The number of H-pyrrole nitrogens is 1. The van der Waals surface area contributed by atoms with Crippen LogP contribution in [0, 0.1) is 0 Å². The number of allylic oxidation sites excluding steroid dienone is 3. The Balaban J connectivity index is 1.91. The molecule has 0 amide bonds. The van der Waals surface area contributed by atoms with Gasteiger partial charge in [0.1, 0.15) is 0 Å². The molecule has 0 saturated heterocycles. The number of aliphatic carboxylic acids is 1. The summed E-state index contributed by atoms with van der Waals surface area (Å²) in [5.41, 5.74) is 1.48. The van der Waals surface area contributed by atoms with E-state index in [2.05, 4.69) is 33.6 Å². The molecule has 0 saturated carbocycles. The number of carbonyl (C=O) groups is 1. The van der Waals surface area contributed by atoms with E-state index in [0.717, 1.165) is 17.5 Å². The summed E-state index contributed by atoms with van der Waals surface area (Å²) in [6, 6.07) is 7.39. The van der Waals surface area contributed by atoms with Gasteiger partial charge in [0.05, 0.1) is 17.8 Å². The Morgan fingerprint density at radius 2 is 1.94 bits per heavy atom. The quantitative estimate of drug-likeness (QED) is 0.199. The van der Waals surface area contributed by atoms with Crippen LogP contribution in [0.2, 0.25) is 0 Å². The van der Waals surface area contributed by atoms with Crippen molar-refractivity contribution < 1.29 is 15.0 Å². The summed E-state index contributed by atoms with van der Waals surface area (Å²) in [4.78, 5) is 10.9. The maximum absolute atomic E-state index is 11.0. The number of nitrogens with one attached hydrogen (secondary N) is 1. The van der Waals surface area contributed by atoms with Gasteiger partial charge in [-0.3, -0.25) is 4.79 Å². The summed E-state index contributed by atoms with van der Waals surface area (Å²) in [5.74, 6) is 0.0459. The van der Waals surface area contributed by atoms with Crippen molar-refractivity contribution in [1.82, 2.24) is 20.6 Å². The molecule has 8 heteroatoms. The molecule has 1 aromatic heterocycles. The Kier molecular flexibility index (Phi) is 13.2. The fraction of sp³-hybridized carbons (Fsp3) is 0.520. The van der Waals surface area contributed by atoms with Gasteiger partial charge in [-0.2, -0.15) is 17.0 Å². The van der Waals surface area contributed by atoms with E-state index in [9.17, 15) is 9.90 Å². The van der Waals surface area contributed by atoms with E-state index >= 15 is 0 Å². The van der Waals surface area contributed by atoms with Crippen molar-refractivity contribution in [3.8, 4) is 11.4 Å². The number of hydrogen-bond donors (Lipinski definition) is 3. The monoisotopic (exact) mass is 472 g/mol. The SMILES string of the molecule is CCCCCCCCCC=C/C=C/[C@@H](SCCC(=O)O)[C@@H](O)c1cccc(-c2nn[nH]n2)c1. The highest BCUT2D eigenvalue weighted by atomic mass is 32.2. The lowest BCUT2D eigenvalue weighted by Gasteiger charge is -2.20. The number of benzene rings is 1. The van der Waals surface area contributed by atoms with Crippen molar-refractivity contribution in [2.45, 2.75) is 76.1 Å². The summed E-state index contributed by atoms with van der Waals surface area (Å²) >= 11 is 1.44. The van der Waals surface area contributed by atoms with Gasteiger partial charge in [0.15, 0.2) is 0 Å². The van der Waals surface area contributed by atoms with E-state index in [1.165, 1.54) is 56.7 Å². The summed E-state index contributed by atoms with van der Waals surface area (Å²) in [6.45, 7) is 2.24. The minimum Gasteiger partial charge on any atom is -0.481 e. The maximum atomic E-state index is 11.0. The lowest BCUT2D eigenvalue weighted by molar-refractivity contribution is -0.136. The van der Waals surface area contributed by atoms with Crippen molar-refractivity contribution in [1.29, 1.82) is 0 Å². The number of tetrazole rings is 1. The number of aromatic nitrogens is 4. The third-order valence-electron chi connectivity index (χ3n) is 5.29. The van der Waals surface area contributed by atoms with E-state index in [1.807, 2.05) is 42.5 Å². The minimum atomic E-state index is -0.839. The molecule has 0 aliphatic rings. The van der Waals surface area contributed by atoms with Gasteiger partial charge in [0, 0.05) is 11.3 Å². The van der Waals surface area contributed by atoms with Crippen LogP contribution < -0.4 is 0 Å². The van der Waals surface area contributed by atoms with Crippen LogP contribution in [0.25, 0.3) is 11.4 Å². The highest BCUT2D eigenvalue weighted by Crippen LogP contribution is 2.30. The van der Waals surface area contributed by atoms with Crippen molar-refractivity contribution in [2.75, 3.05) is 5.75 Å². The number of aromatic amines is 1. The lowest BCUT2D eigenvalue weighted by Crippen LogP contribution is -2.14. The van der Waals surface area contributed by atoms with E-state index in [4.69, 9.17) is 5.11 Å². The number of rotatable bonds is 17. The molecule has 2 aromatic rings. The fourth-order valence-electron chi connectivity index (χ4n) is 3.44. The van der Waals surface area contributed by atoms with Crippen LogP contribution in [0.3, 0.4) is 0 Å². The van der Waals surface area contributed by atoms with Crippen LogP contribution in [0.1, 0.15) is 76.4 Å². The third-order valence-corrected chi connectivity index (χ3v) is 6.53. The highest BCUT2D eigenvalue weighted by molar-refractivity contribution is 8.00. The van der Waals surface area contributed by atoms with E-state index in [1.54, 1.807) is 0 Å². The number of aliphatic hydroxyl groups is 1. The number of carboxylic acid groups (broad SMARTS) is 1. The second-order valence-electron chi connectivity index (χ2n) is 8.01. The molecule has 1 aromatic carbocycles. The molecule has 1 heterocycles. The second-order valence-corrected chi connectivity index (χ2v) is 9.29. The summed E-state index contributed by atoms with van der Waals surface area (Å²) in [7, 11) is 0. The summed E-state index contributed by atoms with van der Waals surface area (Å²) < 4.78 is 0. The molecule has 180 valence electrons. The average Bonchev–Trinajstić information content (AvgIpc) is 3.36. The molecule has 33 heavy (non-hydrogen) atoms. The average molecular weight is 473 g/mol. The first-order valence-corrected chi connectivity index (χ1v) is 12.8. The normalized spacial score (nSPS) is 13.6. The number of nitrogens with zero attached hydrogens (tertiary/aromatic N) is 3. The molecular weight excluding hydrogens is 436 g/mol. The van der Waals surface area contributed by atoms with Crippen molar-refractivity contribution in [3.63, 3.8) is 0 Å². The minimum absolute atomic E-state index is 0.0543. The smallest absolute Gasteiger partial charge is 0.304 e. The molecule has 0 aliphatic carbocycles. The van der Waals surface area contributed by atoms with Crippen LogP contribution in [0.5, 0.6) is 0 Å². The Morgan fingerprint density at radius 1 is 1.15 bits per heavy atom. The Morgan fingerprint density at radius 3 is 2.67 bits per heavy atom. The van der Waals surface area contributed by atoms with E-state index in [0.29, 0.717) is 11.6 Å². The third kappa shape index (κ3) is 10.8. The van der Waals surface area contributed by atoms with Crippen LogP contribution in [0.15, 0.2) is 48.6 Å². The van der Waals surface area contributed by atoms with Gasteiger partial charge in [0.2, 0.25) is 5.82 Å². The predicted molar refractivity (Wildman–Crippen MR) is 134 cm³/mol. The molecule has 2 atom stereocenters. The molecule has 7 nitrogen and oxygen atoms in total. The van der Waals surface area contributed by atoms with Crippen LogP contribution in [0.4, 0.5) is 0 Å². The molecule has 0 aliphatic heterocycles. The van der Waals surface area contributed by atoms with Crippen LogP contribution in [-0.4, -0.2) is 47.8 Å². The van der Waals surface area contributed by atoms with Gasteiger partial charge < -0.3 is 10.2 Å². The topological polar surface area (TPSA) is 112 Å². The van der Waals surface area contributed by atoms with E-state index in [-0.39, 0.29) is 11.7 Å². The van der Waals surface area contributed by atoms with Gasteiger partial charge in [-0.05, 0) is 29.7 Å². The van der Waals surface area contributed by atoms with Gasteiger partial charge in [0.25, 0.3) is 0 Å². The number of hydrogen-bond acceptors (Lipinski definition) is 6. The summed E-state index contributed by atoms with van der Waals surface area (Å²) in [5, 5.41) is 33.7. The summed E-state index contributed by atoms with van der Waals surface area (Å²) in [6.07, 6.45) is 17.4. The largest absolute Gasteiger partial charge is 0.481 e. The zero-order valence-corrected chi connectivity index (χ0v) is 20.2. The maximum Gasteiger partial charge on any atom is 0.304 e. The Labute approximate surface area is 200 Å². The zero-order chi connectivity index (χ0) is 23.7. The van der Waals surface area contributed by atoms with Crippen molar-refractivity contribution >= 4 is 17.7 Å². The molecule has 0 bridgehead atoms. The second kappa shape index (κ2) is 16.2. The van der Waals surface area contributed by atoms with Gasteiger partial charge in [-0.15, -0.1) is 10.2 Å². The van der Waals surface area contributed by atoms with Crippen LogP contribution >= 0.6 is 11.8 Å².